The Morgan fingerprint density at radius 2 is 2.13 bits per heavy atom. The van der Waals surface area contributed by atoms with Gasteiger partial charge in [-0.25, -0.2) is 0 Å². The number of hydrogen-bond acceptors (Lipinski definition) is 3. The van der Waals surface area contributed by atoms with Crippen molar-refractivity contribution in [1.29, 1.82) is 0 Å². The molecule has 0 atom stereocenters. The summed E-state index contributed by atoms with van der Waals surface area (Å²) < 4.78 is 0. The zero-order valence-corrected chi connectivity index (χ0v) is 9.15. The number of aliphatic hydroxyl groups excluding tert-OH is 1. The molecule has 3 heteroatoms. The zero-order chi connectivity index (χ0) is 10.8. The fourth-order valence-corrected chi connectivity index (χ4v) is 1.44. The first-order chi connectivity index (χ1) is 7.43. The molecule has 0 aliphatic heterocycles. The maximum atomic E-state index is 8.59. The first-order valence-corrected chi connectivity index (χ1v) is 5.64. The SMILES string of the molecule is OCCCCCNCCc1cccnc1. The molecule has 2 N–H and O–H groups in total. The van der Waals surface area contributed by atoms with Gasteiger partial charge in [-0.3, -0.25) is 4.98 Å². The molecule has 0 saturated carbocycles. The van der Waals surface area contributed by atoms with Crippen LogP contribution in [-0.2, 0) is 6.42 Å². The lowest BCUT2D eigenvalue weighted by Crippen LogP contribution is -2.18. The Hall–Kier alpha value is -0.930. The molecule has 0 saturated heterocycles. The molecule has 0 aliphatic rings. The molecule has 0 radical (unpaired) electrons. The standard InChI is InChI=1S/C12H20N2O/c15-10-3-1-2-7-13-9-6-12-5-4-8-14-11-12/h4-5,8,11,13,15H,1-3,6-7,9-10H2. The number of unbranched alkanes of at least 4 members (excludes halogenated alkanes) is 2. The summed E-state index contributed by atoms with van der Waals surface area (Å²) in [4.78, 5) is 4.07. The van der Waals surface area contributed by atoms with Crippen molar-refractivity contribution in [3.8, 4) is 0 Å². The van der Waals surface area contributed by atoms with Crippen LogP contribution in [0.15, 0.2) is 24.5 Å². The summed E-state index contributed by atoms with van der Waals surface area (Å²) in [5, 5.41) is 12.0. The van der Waals surface area contributed by atoms with Crippen molar-refractivity contribution in [1.82, 2.24) is 10.3 Å². The van der Waals surface area contributed by atoms with Crippen LogP contribution in [0.5, 0.6) is 0 Å². The average Bonchev–Trinajstić information content (AvgIpc) is 2.29. The third-order valence-corrected chi connectivity index (χ3v) is 2.32. The molecule has 1 rings (SSSR count). The van der Waals surface area contributed by atoms with Gasteiger partial charge < -0.3 is 10.4 Å². The van der Waals surface area contributed by atoms with E-state index in [4.69, 9.17) is 5.11 Å². The van der Waals surface area contributed by atoms with Crippen LogP contribution in [0, 0.1) is 0 Å². The van der Waals surface area contributed by atoms with Crippen LogP contribution >= 0.6 is 0 Å². The molecule has 0 unspecified atom stereocenters. The lowest BCUT2D eigenvalue weighted by molar-refractivity contribution is 0.283. The first-order valence-electron chi connectivity index (χ1n) is 5.64. The van der Waals surface area contributed by atoms with Gasteiger partial charge in [0.25, 0.3) is 0 Å². The maximum absolute atomic E-state index is 8.59. The van der Waals surface area contributed by atoms with Crippen LogP contribution in [0.25, 0.3) is 0 Å². The van der Waals surface area contributed by atoms with E-state index in [2.05, 4.69) is 16.4 Å². The summed E-state index contributed by atoms with van der Waals surface area (Å²) in [5.41, 5.74) is 1.28. The lowest BCUT2D eigenvalue weighted by atomic mass is 10.2. The number of aromatic nitrogens is 1. The minimum absolute atomic E-state index is 0.315. The Bertz CT molecular complexity index is 239. The molecule has 1 heterocycles. The Morgan fingerprint density at radius 1 is 1.20 bits per heavy atom. The Kier molecular flexibility index (Phi) is 6.79. The van der Waals surface area contributed by atoms with Crippen LogP contribution in [0.3, 0.4) is 0 Å². The van der Waals surface area contributed by atoms with Gasteiger partial charge in [-0.05, 0) is 50.4 Å². The molecule has 0 aromatic carbocycles. The van der Waals surface area contributed by atoms with Crippen LogP contribution in [0.1, 0.15) is 24.8 Å². The molecule has 84 valence electrons. The van der Waals surface area contributed by atoms with Crippen molar-refractivity contribution in [2.45, 2.75) is 25.7 Å². The molecule has 1 aromatic heterocycles. The average molecular weight is 208 g/mol. The first kappa shape index (κ1) is 12.1. The van der Waals surface area contributed by atoms with E-state index in [1.807, 2.05) is 12.3 Å². The summed E-state index contributed by atoms with van der Waals surface area (Å²) in [5.74, 6) is 0. The predicted molar refractivity (Wildman–Crippen MR) is 61.7 cm³/mol. The third kappa shape index (κ3) is 6.20. The van der Waals surface area contributed by atoms with E-state index in [-0.39, 0.29) is 0 Å². The molecule has 1 aromatic rings. The minimum Gasteiger partial charge on any atom is -0.396 e. The molecular weight excluding hydrogens is 188 g/mol. The number of pyridine rings is 1. The summed E-state index contributed by atoms with van der Waals surface area (Å²) in [7, 11) is 0. The fourth-order valence-electron chi connectivity index (χ4n) is 1.44. The van der Waals surface area contributed by atoms with Gasteiger partial charge in [0.1, 0.15) is 0 Å². The largest absolute Gasteiger partial charge is 0.396 e. The van der Waals surface area contributed by atoms with Crippen molar-refractivity contribution in [3.63, 3.8) is 0 Å². The fraction of sp³-hybridized carbons (Fsp3) is 0.583. The Balaban J connectivity index is 1.93. The molecule has 0 amide bonds. The Labute approximate surface area is 91.5 Å². The van der Waals surface area contributed by atoms with E-state index in [1.165, 1.54) is 5.56 Å². The topological polar surface area (TPSA) is 45.1 Å². The number of rotatable bonds is 8. The normalized spacial score (nSPS) is 10.5. The maximum Gasteiger partial charge on any atom is 0.0431 e. The second kappa shape index (κ2) is 8.38. The van der Waals surface area contributed by atoms with Crippen molar-refractivity contribution in [2.75, 3.05) is 19.7 Å². The van der Waals surface area contributed by atoms with E-state index in [9.17, 15) is 0 Å². The van der Waals surface area contributed by atoms with E-state index >= 15 is 0 Å². The van der Waals surface area contributed by atoms with E-state index < -0.39 is 0 Å². The molecule has 3 nitrogen and oxygen atoms in total. The van der Waals surface area contributed by atoms with Crippen molar-refractivity contribution >= 4 is 0 Å². The second-order valence-corrected chi connectivity index (χ2v) is 3.65. The van der Waals surface area contributed by atoms with Gasteiger partial charge in [0, 0.05) is 19.0 Å². The van der Waals surface area contributed by atoms with E-state index in [1.54, 1.807) is 6.20 Å². The second-order valence-electron chi connectivity index (χ2n) is 3.65. The molecule has 15 heavy (non-hydrogen) atoms. The van der Waals surface area contributed by atoms with Gasteiger partial charge in [-0.15, -0.1) is 0 Å². The predicted octanol–water partition coefficient (Wildman–Crippen LogP) is 1.38. The molecular formula is C12H20N2O. The van der Waals surface area contributed by atoms with Crippen molar-refractivity contribution < 1.29 is 5.11 Å². The summed E-state index contributed by atoms with van der Waals surface area (Å²) >= 11 is 0. The number of nitrogens with one attached hydrogen (secondary N) is 1. The van der Waals surface area contributed by atoms with E-state index in [0.29, 0.717) is 6.61 Å². The smallest absolute Gasteiger partial charge is 0.0431 e. The van der Waals surface area contributed by atoms with Gasteiger partial charge in [-0.2, -0.15) is 0 Å². The molecule has 0 aliphatic carbocycles. The van der Waals surface area contributed by atoms with Crippen molar-refractivity contribution in [3.05, 3.63) is 30.1 Å². The highest BCUT2D eigenvalue weighted by Gasteiger charge is 1.92. The lowest BCUT2D eigenvalue weighted by Gasteiger charge is -2.03. The monoisotopic (exact) mass is 208 g/mol. The van der Waals surface area contributed by atoms with Crippen LogP contribution in [-0.4, -0.2) is 29.8 Å². The van der Waals surface area contributed by atoms with Crippen LogP contribution in [0.2, 0.25) is 0 Å². The van der Waals surface area contributed by atoms with E-state index in [0.717, 1.165) is 38.8 Å². The van der Waals surface area contributed by atoms with Gasteiger partial charge in [0.15, 0.2) is 0 Å². The molecule has 0 spiro atoms. The quantitative estimate of drug-likeness (QED) is 0.634. The summed E-state index contributed by atoms with van der Waals surface area (Å²) in [6.45, 7) is 2.36. The zero-order valence-electron chi connectivity index (χ0n) is 9.15. The highest BCUT2D eigenvalue weighted by molar-refractivity contribution is 5.08. The number of aliphatic hydroxyl groups is 1. The van der Waals surface area contributed by atoms with Gasteiger partial charge in [0.05, 0.1) is 0 Å². The highest BCUT2D eigenvalue weighted by Crippen LogP contribution is 1.96. The summed E-state index contributed by atoms with van der Waals surface area (Å²) in [6.07, 6.45) is 7.92. The van der Waals surface area contributed by atoms with Crippen LogP contribution < -0.4 is 5.32 Å². The Morgan fingerprint density at radius 3 is 2.87 bits per heavy atom. The van der Waals surface area contributed by atoms with Crippen LogP contribution in [0.4, 0.5) is 0 Å². The third-order valence-electron chi connectivity index (χ3n) is 2.32. The number of hydrogen-bond donors (Lipinski definition) is 2. The summed E-state index contributed by atoms with van der Waals surface area (Å²) in [6, 6.07) is 4.07. The van der Waals surface area contributed by atoms with Gasteiger partial charge in [-0.1, -0.05) is 6.07 Å². The van der Waals surface area contributed by atoms with Crippen molar-refractivity contribution in [2.24, 2.45) is 0 Å². The number of nitrogens with zero attached hydrogens (tertiary/aromatic N) is 1. The van der Waals surface area contributed by atoms with Gasteiger partial charge in [0.2, 0.25) is 0 Å². The minimum atomic E-state index is 0.315. The highest BCUT2D eigenvalue weighted by atomic mass is 16.2. The van der Waals surface area contributed by atoms with Gasteiger partial charge >= 0.3 is 0 Å². The molecule has 0 fully saturated rings. The molecule has 0 bridgehead atoms.